The molecule has 0 aliphatic carbocycles. The standard InChI is InChI=1S/C22H17N5O13S4/c23-12-1-4-15-11(7-12)8-20(44(38,39)40)21(22(15)28)27-26-16-5-2-13(9-18(16)42(32,33)34)24-25-17-6-3-14(41(29,30)31)10-19(17)43(35,36)37/h1-10,28H,23H2,(H,29,30,31)(H,32,33,34)(H,35,36,37)(H,38,39,40). The van der Waals surface area contributed by atoms with Crippen LogP contribution in [0.1, 0.15) is 0 Å². The molecule has 0 heterocycles. The highest BCUT2D eigenvalue weighted by atomic mass is 32.2. The Kier molecular flexibility index (Phi) is 8.31. The van der Waals surface area contributed by atoms with Crippen LogP contribution in [0.4, 0.5) is 28.4 Å². The van der Waals surface area contributed by atoms with E-state index in [1.54, 1.807) is 0 Å². The summed E-state index contributed by atoms with van der Waals surface area (Å²) in [6.07, 6.45) is 0. The van der Waals surface area contributed by atoms with E-state index in [4.69, 9.17) is 10.3 Å². The molecule has 0 amide bonds. The Morgan fingerprint density at radius 1 is 0.545 bits per heavy atom. The van der Waals surface area contributed by atoms with Gasteiger partial charge in [0.2, 0.25) is 0 Å². The second-order valence-corrected chi connectivity index (χ2v) is 14.2. The van der Waals surface area contributed by atoms with Crippen molar-refractivity contribution in [3.8, 4) is 5.75 Å². The van der Waals surface area contributed by atoms with E-state index < -0.39 is 82.9 Å². The number of fused-ring (bicyclic) bond motifs is 1. The van der Waals surface area contributed by atoms with Crippen LogP contribution >= 0.6 is 0 Å². The minimum atomic E-state index is -5.11. The van der Waals surface area contributed by atoms with Gasteiger partial charge in [-0.15, -0.1) is 15.3 Å². The Bertz CT molecular complexity index is 2360. The number of benzene rings is 4. The molecule has 7 N–H and O–H groups in total. The summed E-state index contributed by atoms with van der Waals surface area (Å²) >= 11 is 0. The molecule has 4 rings (SSSR count). The van der Waals surface area contributed by atoms with Gasteiger partial charge in [-0.1, -0.05) is 0 Å². The highest BCUT2D eigenvalue weighted by molar-refractivity contribution is 7.87. The largest absolute Gasteiger partial charge is 0.505 e. The predicted molar refractivity (Wildman–Crippen MR) is 151 cm³/mol. The van der Waals surface area contributed by atoms with Gasteiger partial charge in [0.15, 0.2) is 5.75 Å². The van der Waals surface area contributed by atoms with Crippen molar-refractivity contribution in [2.24, 2.45) is 20.5 Å². The van der Waals surface area contributed by atoms with E-state index in [-0.39, 0.29) is 22.1 Å². The molecule has 0 aliphatic heterocycles. The van der Waals surface area contributed by atoms with E-state index in [1.807, 2.05) is 0 Å². The van der Waals surface area contributed by atoms with E-state index >= 15 is 0 Å². The van der Waals surface area contributed by atoms with Gasteiger partial charge >= 0.3 is 0 Å². The monoisotopic (exact) mass is 687 g/mol. The molecule has 22 heteroatoms. The number of hydrogen-bond donors (Lipinski definition) is 6. The summed E-state index contributed by atoms with van der Waals surface area (Å²) in [5, 5.41) is 25.2. The van der Waals surface area contributed by atoms with Crippen LogP contribution in [0.2, 0.25) is 0 Å². The molecule has 0 unspecified atom stereocenters. The first-order valence-electron chi connectivity index (χ1n) is 11.2. The first-order chi connectivity index (χ1) is 20.2. The summed E-state index contributed by atoms with van der Waals surface area (Å²) in [6, 6.07) is 9.44. The van der Waals surface area contributed by atoms with Crippen molar-refractivity contribution in [2.45, 2.75) is 19.6 Å². The maximum atomic E-state index is 12.1. The van der Waals surface area contributed by atoms with Crippen LogP contribution in [0, 0.1) is 0 Å². The predicted octanol–water partition coefficient (Wildman–Crippen LogP) is 3.95. The van der Waals surface area contributed by atoms with Gasteiger partial charge in [-0.3, -0.25) is 18.2 Å². The van der Waals surface area contributed by atoms with Gasteiger partial charge in [0.25, 0.3) is 40.5 Å². The summed E-state index contributed by atoms with van der Waals surface area (Å²) in [5.41, 5.74) is 3.45. The minimum absolute atomic E-state index is 0.0418. The highest BCUT2D eigenvalue weighted by Gasteiger charge is 2.24. The van der Waals surface area contributed by atoms with Crippen LogP contribution in [0.5, 0.6) is 5.75 Å². The van der Waals surface area contributed by atoms with Crippen molar-refractivity contribution in [1.82, 2.24) is 0 Å². The molecule has 232 valence electrons. The summed E-state index contributed by atoms with van der Waals surface area (Å²) in [5.74, 6) is -0.771. The lowest BCUT2D eigenvalue weighted by Gasteiger charge is -2.09. The van der Waals surface area contributed by atoms with Gasteiger partial charge < -0.3 is 10.8 Å². The molecule has 44 heavy (non-hydrogen) atoms. The molecule has 0 spiro atoms. The van der Waals surface area contributed by atoms with Crippen LogP contribution in [-0.2, 0) is 40.5 Å². The quantitative estimate of drug-likeness (QED) is 0.0868. The van der Waals surface area contributed by atoms with Gasteiger partial charge in [-0.2, -0.15) is 38.8 Å². The van der Waals surface area contributed by atoms with Crippen molar-refractivity contribution >= 4 is 79.7 Å². The molecule has 4 aromatic rings. The van der Waals surface area contributed by atoms with Crippen molar-refractivity contribution in [3.63, 3.8) is 0 Å². The second-order valence-electron chi connectivity index (χ2n) is 8.63. The van der Waals surface area contributed by atoms with Crippen molar-refractivity contribution in [3.05, 3.63) is 60.7 Å². The SMILES string of the molecule is Nc1ccc2c(O)c(N=Nc3ccc(N=Nc4ccc(S(=O)(=O)O)cc4S(=O)(=O)O)cc3S(=O)(=O)O)c(S(=O)(=O)O)cc2c1. The zero-order valence-electron chi connectivity index (χ0n) is 21.3. The number of nitrogen functional groups attached to an aromatic ring is 1. The van der Waals surface area contributed by atoms with E-state index in [0.29, 0.717) is 12.1 Å². The fraction of sp³-hybridized carbons (Fsp3) is 0. The Balaban J connectivity index is 1.82. The number of phenols is 1. The average Bonchev–Trinajstić information content (AvgIpc) is 2.89. The number of hydrogen-bond acceptors (Lipinski definition) is 14. The molecule has 0 saturated heterocycles. The molecule has 0 aromatic heterocycles. The minimum Gasteiger partial charge on any atom is -0.505 e. The smallest absolute Gasteiger partial charge is 0.296 e. The fourth-order valence-corrected chi connectivity index (χ4v) is 6.21. The Hall–Kier alpha value is -4.42. The van der Waals surface area contributed by atoms with Crippen LogP contribution in [0.15, 0.2) is 101 Å². The number of rotatable bonds is 8. The Labute approximate surface area is 248 Å². The number of aromatic hydroxyl groups is 1. The molecule has 0 radical (unpaired) electrons. The number of nitrogens with zero attached hydrogens (tertiary/aromatic N) is 4. The lowest BCUT2D eigenvalue weighted by molar-refractivity contribution is 0.472. The summed E-state index contributed by atoms with van der Waals surface area (Å²) in [6.45, 7) is 0. The van der Waals surface area contributed by atoms with Crippen molar-refractivity contribution in [2.75, 3.05) is 5.73 Å². The van der Waals surface area contributed by atoms with Gasteiger partial charge in [0.1, 0.15) is 31.7 Å². The fourth-order valence-electron chi connectivity index (χ4n) is 3.68. The van der Waals surface area contributed by atoms with Gasteiger partial charge in [-0.05, 0) is 66.0 Å². The maximum Gasteiger partial charge on any atom is 0.296 e. The van der Waals surface area contributed by atoms with Crippen LogP contribution in [0.25, 0.3) is 10.8 Å². The van der Waals surface area contributed by atoms with Crippen LogP contribution in [-0.4, -0.2) is 57.0 Å². The maximum absolute atomic E-state index is 12.1. The lowest BCUT2D eigenvalue weighted by atomic mass is 10.1. The zero-order chi connectivity index (χ0) is 32.8. The van der Waals surface area contributed by atoms with Crippen molar-refractivity contribution in [1.29, 1.82) is 0 Å². The molecular formula is C22H17N5O13S4. The number of nitrogens with two attached hydrogens (primary N) is 1. The highest BCUT2D eigenvalue weighted by Crippen LogP contribution is 2.42. The molecule has 0 saturated carbocycles. The number of phenolic OH excluding ortho intramolecular Hbond substituents is 1. The zero-order valence-corrected chi connectivity index (χ0v) is 24.5. The van der Waals surface area contributed by atoms with E-state index in [9.17, 15) is 52.4 Å². The second kappa shape index (κ2) is 11.3. The Morgan fingerprint density at radius 3 is 1.66 bits per heavy atom. The van der Waals surface area contributed by atoms with E-state index in [2.05, 4.69) is 20.5 Å². The normalized spacial score (nSPS) is 13.3. The molecular weight excluding hydrogens is 671 g/mol. The summed E-state index contributed by atoms with van der Waals surface area (Å²) in [7, 11) is -20.1. The average molecular weight is 688 g/mol. The van der Waals surface area contributed by atoms with Gasteiger partial charge in [0.05, 0.1) is 10.6 Å². The van der Waals surface area contributed by atoms with Gasteiger partial charge in [0, 0.05) is 11.1 Å². The van der Waals surface area contributed by atoms with Gasteiger partial charge in [-0.25, -0.2) is 0 Å². The third kappa shape index (κ3) is 7.03. The number of anilines is 1. The van der Waals surface area contributed by atoms with E-state index in [0.717, 1.165) is 30.3 Å². The summed E-state index contributed by atoms with van der Waals surface area (Å²) < 4.78 is 132. The molecule has 18 nitrogen and oxygen atoms in total. The lowest BCUT2D eigenvalue weighted by Crippen LogP contribution is -2.03. The number of azo groups is 2. The molecule has 0 aliphatic rings. The molecule has 0 bridgehead atoms. The molecule has 0 atom stereocenters. The Morgan fingerprint density at radius 2 is 1.09 bits per heavy atom. The molecule has 0 fully saturated rings. The summed E-state index contributed by atoms with van der Waals surface area (Å²) in [4.78, 5) is -3.86. The first kappa shape index (κ1) is 32.5. The van der Waals surface area contributed by atoms with Crippen molar-refractivity contribution < 1.29 is 57.0 Å². The first-order valence-corrected chi connectivity index (χ1v) is 17.0. The van der Waals surface area contributed by atoms with Crippen LogP contribution in [0.3, 0.4) is 0 Å². The molecule has 4 aromatic carbocycles. The third-order valence-electron chi connectivity index (χ3n) is 5.61. The van der Waals surface area contributed by atoms with E-state index in [1.165, 1.54) is 18.2 Å². The topological polar surface area (TPSA) is 313 Å². The third-order valence-corrected chi connectivity index (χ3v) is 9.09. The van der Waals surface area contributed by atoms with Crippen LogP contribution < -0.4 is 5.73 Å².